The lowest BCUT2D eigenvalue weighted by Gasteiger charge is -1.98. The van der Waals surface area contributed by atoms with Crippen molar-refractivity contribution in [3.8, 4) is 11.1 Å². The first-order valence-electron chi connectivity index (χ1n) is 5.34. The van der Waals surface area contributed by atoms with E-state index in [1.165, 1.54) is 17.5 Å². The minimum absolute atomic E-state index is 1.28. The molecule has 0 spiro atoms. The number of hydrogen-bond donors (Lipinski definition) is 3. The third kappa shape index (κ3) is 3.62. The van der Waals surface area contributed by atoms with Crippen molar-refractivity contribution in [3.05, 3.63) is 60.7 Å². The van der Waals surface area contributed by atoms with Gasteiger partial charge in [0.15, 0.2) is 0 Å². The van der Waals surface area contributed by atoms with Crippen LogP contribution in [0.15, 0.2) is 65.8 Å². The fraction of sp³-hybridized carbons (Fsp3) is 0. The van der Waals surface area contributed by atoms with Gasteiger partial charge in [-0.25, -0.2) is 5.53 Å². The van der Waals surface area contributed by atoms with E-state index in [4.69, 9.17) is 0 Å². The van der Waals surface area contributed by atoms with E-state index in [1.54, 1.807) is 0 Å². The maximum Gasteiger partial charge on any atom is 0.125 e. The fourth-order valence-electron chi connectivity index (χ4n) is 1.42. The van der Waals surface area contributed by atoms with Crippen molar-refractivity contribution in [1.29, 1.82) is 0 Å². The molecule has 0 radical (unpaired) electrons. The van der Waals surface area contributed by atoms with Crippen LogP contribution in [-0.2, 0) is 0 Å². The Kier molecular flexibility index (Phi) is 4.13. The van der Waals surface area contributed by atoms with Gasteiger partial charge in [-0.2, -0.15) is 5.10 Å². The Morgan fingerprint density at radius 2 is 1.24 bits per heavy atom. The Bertz CT molecular complexity index is 410. The second-order valence-corrected chi connectivity index (χ2v) is 3.37. The Labute approximate surface area is 100 Å². The molecule has 3 rings (SSSR count). The summed E-state index contributed by atoms with van der Waals surface area (Å²) in [7, 11) is 0. The number of hydrazine groups is 2. The highest BCUT2D eigenvalue weighted by Gasteiger charge is 1.91. The van der Waals surface area contributed by atoms with E-state index in [-0.39, 0.29) is 0 Å². The van der Waals surface area contributed by atoms with E-state index in [0.29, 0.717) is 0 Å². The Morgan fingerprint density at radius 3 is 1.53 bits per heavy atom. The summed E-state index contributed by atoms with van der Waals surface area (Å²) < 4.78 is 0. The SMILES string of the molecule is C1=NNNN1.c1ccc(-c2ccccc2)cc1. The number of nitrogens with one attached hydrogen (secondary N) is 3. The first-order valence-corrected chi connectivity index (χ1v) is 5.34. The summed E-state index contributed by atoms with van der Waals surface area (Å²) in [6, 6.07) is 20.8. The molecular formula is C13H14N4. The normalized spacial score (nSPS) is 12.0. The molecule has 0 saturated heterocycles. The lowest BCUT2D eigenvalue weighted by atomic mass is 10.1. The molecule has 1 aliphatic rings. The smallest absolute Gasteiger partial charge is 0.125 e. The van der Waals surface area contributed by atoms with Crippen molar-refractivity contribution < 1.29 is 0 Å². The standard InChI is InChI=1S/C12H10.CH4N4/c1-3-7-11(8-4-1)12-9-5-2-6-10-12;1-2-4-5-3-1/h1-10H;1,4-5H,(H,2,3). The van der Waals surface area contributed by atoms with Crippen molar-refractivity contribution in [2.75, 3.05) is 0 Å². The lowest BCUT2D eigenvalue weighted by Crippen LogP contribution is -2.31. The second-order valence-electron chi connectivity index (χ2n) is 3.37. The average molecular weight is 226 g/mol. The van der Waals surface area contributed by atoms with Gasteiger partial charge in [0.05, 0.1) is 0 Å². The third-order valence-corrected chi connectivity index (χ3v) is 2.20. The summed E-state index contributed by atoms with van der Waals surface area (Å²) in [4.78, 5) is 0. The molecule has 86 valence electrons. The number of rotatable bonds is 1. The van der Waals surface area contributed by atoms with Gasteiger partial charge in [0.1, 0.15) is 6.34 Å². The van der Waals surface area contributed by atoms with Crippen molar-refractivity contribution in [2.45, 2.75) is 0 Å². The van der Waals surface area contributed by atoms with E-state index in [9.17, 15) is 0 Å². The highest BCUT2D eigenvalue weighted by atomic mass is 15.8. The largest absolute Gasteiger partial charge is 0.291 e. The van der Waals surface area contributed by atoms with Crippen molar-refractivity contribution in [2.24, 2.45) is 5.10 Å². The Hall–Kier alpha value is -2.33. The van der Waals surface area contributed by atoms with Gasteiger partial charge in [0.2, 0.25) is 0 Å². The zero-order valence-corrected chi connectivity index (χ0v) is 9.30. The molecule has 0 atom stereocenters. The summed E-state index contributed by atoms with van der Waals surface area (Å²) in [6.45, 7) is 0. The number of hydrogen-bond acceptors (Lipinski definition) is 4. The fourth-order valence-corrected chi connectivity index (χ4v) is 1.42. The third-order valence-electron chi connectivity index (χ3n) is 2.20. The van der Waals surface area contributed by atoms with Crippen molar-refractivity contribution in [3.63, 3.8) is 0 Å². The van der Waals surface area contributed by atoms with Gasteiger partial charge in [-0.3, -0.25) is 5.43 Å². The van der Waals surface area contributed by atoms with Gasteiger partial charge >= 0.3 is 0 Å². The van der Waals surface area contributed by atoms with Crippen LogP contribution in [0.25, 0.3) is 11.1 Å². The zero-order valence-electron chi connectivity index (χ0n) is 9.30. The van der Waals surface area contributed by atoms with Gasteiger partial charge < -0.3 is 0 Å². The first kappa shape index (κ1) is 11.2. The number of nitrogens with zero attached hydrogens (tertiary/aromatic N) is 1. The quantitative estimate of drug-likeness (QED) is 0.696. The van der Waals surface area contributed by atoms with E-state index in [0.717, 1.165) is 0 Å². The lowest BCUT2D eigenvalue weighted by molar-refractivity contribution is 0.578. The van der Waals surface area contributed by atoms with Gasteiger partial charge in [0, 0.05) is 0 Å². The molecule has 0 aromatic heterocycles. The van der Waals surface area contributed by atoms with Gasteiger partial charge in [-0.05, 0) is 11.1 Å². The van der Waals surface area contributed by atoms with Crippen LogP contribution in [0.2, 0.25) is 0 Å². The maximum absolute atomic E-state index is 3.49. The molecule has 0 saturated carbocycles. The molecule has 2 aromatic rings. The van der Waals surface area contributed by atoms with Crippen LogP contribution in [0, 0.1) is 0 Å². The summed E-state index contributed by atoms with van der Waals surface area (Å²) >= 11 is 0. The van der Waals surface area contributed by atoms with Crippen LogP contribution in [0.5, 0.6) is 0 Å². The molecule has 0 fully saturated rings. The molecule has 1 aliphatic heterocycles. The van der Waals surface area contributed by atoms with Gasteiger partial charge in [-0.1, -0.05) is 60.7 Å². The van der Waals surface area contributed by atoms with Crippen molar-refractivity contribution in [1.82, 2.24) is 16.5 Å². The highest BCUT2D eigenvalue weighted by Crippen LogP contribution is 2.17. The van der Waals surface area contributed by atoms with Crippen LogP contribution >= 0.6 is 0 Å². The topological polar surface area (TPSA) is 48.5 Å². The van der Waals surface area contributed by atoms with Gasteiger partial charge in [-0.15, -0.1) is 5.53 Å². The second kappa shape index (κ2) is 6.30. The Balaban J connectivity index is 0.000000181. The molecule has 4 heteroatoms. The average Bonchev–Trinajstić information content (AvgIpc) is 3.00. The molecule has 1 heterocycles. The summed E-state index contributed by atoms with van der Waals surface area (Å²) in [5, 5.41) is 3.49. The van der Waals surface area contributed by atoms with Gasteiger partial charge in [0.25, 0.3) is 0 Å². The summed E-state index contributed by atoms with van der Waals surface area (Å²) in [5.41, 5.74) is 10.1. The molecule has 0 unspecified atom stereocenters. The molecule has 17 heavy (non-hydrogen) atoms. The maximum atomic E-state index is 3.49. The molecule has 0 bridgehead atoms. The number of hydrazone groups is 1. The molecule has 3 N–H and O–H groups in total. The molecular weight excluding hydrogens is 212 g/mol. The minimum Gasteiger partial charge on any atom is -0.291 e. The molecule has 0 amide bonds. The van der Waals surface area contributed by atoms with Crippen LogP contribution in [-0.4, -0.2) is 6.34 Å². The van der Waals surface area contributed by atoms with E-state index < -0.39 is 0 Å². The molecule has 0 aliphatic carbocycles. The zero-order chi connectivity index (χ0) is 11.8. The van der Waals surface area contributed by atoms with E-state index >= 15 is 0 Å². The Morgan fingerprint density at radius 1 is 0.706 bits per heavy atom. The summed E-state index contributed by atoms with van der Waals surface area (Å²) in [6.07, 6.45) is 1.51. The van der Waals surface area contributed by atoms with E-state index in [1.807, 2.05) is 12.1 Å². The van der Waals surface area contributed by atoms with Crippen LogP contribution in [0.1, 0.15) is 0 Å². The summed E-state index contributed by atoms with van der Waals surface area (Å²) in [5.74, 6) is 0. The number of benzene rings is 2. The monoisotopic (exact) mass is 226 g/mol. The highest BCUT2D eigenvalue weighted by molar-refractivity contribution is 5.62. The predicted octanol–water partition coefficient (Wildman–Crippen LogP) is 1.90. The van der Waals surface area contributed by atoms with Crippen molar-refractivity contribution >= 4 is 6.34 Å². The van der Waals surface area contributed by atoms with E-state index in [2.05, 4.69) is 70.1 Å². The van der Waals surface area contributed by atoms with Crippen LogP contribution in [0.4, 0.5) is 0 Å². The molecule has 2 aromatic carbocycles. The van der Waals surface area contributed by atoms with Crippen LogP contribution in [0.3, 0.4) is 0 Å². The predicted molar refractivity (Wildman–Crippen MR) is 69.8 cm³/mol. The molecule has 4 nitrogen and oxygen atoms in total. The van der Waals surface area contributed by atoms with Crippen LogP contribution < -0.4 is 16.5 Å². The minimum atomic E-state index is 1.28. The first-order chi connectivity index (χ1) is 8.47.